The van der Waals surface area contributed by atoms with Gasteiger partial charge in [0.05, 0.1) is 5.56 Å². The normalized spacial score (nSPS) is 13.7. The highest BCUT2D eigenvalue weighted by Crippen LogP contribution is 2.42. The summed E-state index contributed by atoms with van der Waals surface area (Å²) in [6.45, 7) is 0. The van der Waals surface area contributed by atoms with E-state index >= 15 is 0 Å². The van der Waals surface area contributed by atoms with Gasteiger partial charge in [0.1, 0.15) is 10.0 Å². The van der Waals surface area contributed by atoms with Gasteiger partial charge in [-0.1, -0.05) is 41.3 Å². The Hall–Kier alpha value is -2.25. The second-order valence-corrected chi connectivity index (χ2v) is 7.52. The molecule has 1 fully saturated rings. The fraction of sp³-hybridized carbons (Fsp3) is 0.176. The van der Waals surface area contributed by atoms with E-state index in [-0.39, 0.29) is 5.91 Å². The Labute approximate surface area is 147 Å². The number of nitrogens with one attached hydrogen (secondary N) is 1. The molecule has 4 rings (SSSR count). The molecule has 5 nitrogen and oxygen atoms in total. The number of hydrogen-bond donors (Lipinski definition) is 1. The Morgan fingerprint density at radius 1 is 1.12 bits per heavy atom. The molecule has 1 amide bonds. The van der Waals surface area contributed by atoms with Gasteiger partial charge >= 0.3 is 0 Å². The summed E-state index contributed by atoms with van der Waals surface area (Å²) in [5, 5.41) is 13.3. The standard InChI is InChI=1S/C17H14N4OS2/c22-14(19-17-21-20-15(24-17)11-8-9-11)13-7-4-10-18-16(13)23-12-5-2-1-3-6-12/h1-7,10-11H,8-9H2,(H,19,21,22). The molecule has 1 aromatic carbocycles. The molecular weight excluding hydrogens is 340 g/mol. The lowest BCUT2D eigenvalue weighted by molar-refractivity contribution is 0.102. The third-order valence-corrected chi connectivity index (χ3v) is 5.59. The van der Waals surface area contributed by atoms with Gasteiger partial charge in [0.25, 0.3) is 5.91 Å². The molecule has 3 aromatic rings. The number of hydrogen-bond acceptors (Lipinski definition) is 6. The van der Waals surface area contributed by atoms with Crippen LogP contribution in [0.4, 0.5) is 5.13 Å². The summed E-state index contributed by atoms with van der Waals surface area (Å²) < 4.78 is 0. The molecule has 0 atom stereocenters. The van der Waals surface area contributed by atoms with E-state index in [0.717, 1.165) is 9.90 Å². The van der Waals surface area contributed by atoms with Crippen LogP contribution in [0.1, 0.15) is 34.1 Å². The van der Waals surface area contributed by atoms with Crippen LogP contribution in [-0.2, 0) is 0 Å². The third-order valence-electron chi connectivity index (χ3n) is 3.56. The molecule has 120 valence electrons. The lowest BCUT2D eigenvalue weighted by atomic mass is 10.3. The number of carbonyl (C=O) groups is 1. The van der Waals surface area contributed by atoms with Crippen LogP contribution in [0.2, 0.25) is 0 Å². The molecule has 1 aliphatic carbocycles. The van der Waals surface area contributed by atoms with Crippen molar-refractivity contribution in [3.05, 3.63) is 59.2 Å². The van der Waals surface area contributed by atoms with Gasteiger partial charge in [-0.3, -0.25) is 10.1 Å². The Morgan fingerprint density at radius 2 is 1.96 bits per heavy atom. The van der Waals surface area contributed by atoms with Gasteiger partial charge < -0.3 is 0 Å². The number of carbonyl (C=O) groups excluding carboxylic acids is 1. The van der Waals surface area contributed by atoms with Crippen molar-refractivity contribution < 1.29 is 4.79 Å². The molecular formula is C17H14N4OS2. The van der Waals surface area contributed by atoms with Crippen molar-refractivity contribution in [2.24, 2.45) is 0 Å². The highest BCUT2D eigenvalue weighted by molar-refractivity contribution is 7.99. The molecule has 1 aliphatic rings. The molecule has 0 saturated heterocycles. The molecule has 7 heteroatoms. The smallest absolute Gasteiger partial charge is 0.260 e. The number of rotatable bonds is 5. The van der Waals surface area contributed by atoms with Crippen molar-refractivity contribution in [2.45, 2.75) is 28.7 Å². The first-order valence-electron chi connectivity index (χ1n) is 7.62. The van der Waals surface area contributed by atoms with Crippen LogP contribution in [0.15, 0.2) is 58.6 Å². The summed E-state index contributed by atoms with van der Waals surface area (Å²) in [6, 6.07) is 13.4. The van der Waals surface area contributed by atoms with E-state index in [1.165, 1.54) is 35.9 Å². The fourth-order valence-electron chi connectivity index (χ4n) is 2.19. The van der Waals surface area contributed by atoms with Crippen molar-refractivity contribution in [1.29, 1.82) is 0 Å². The molecule has 0 radical (unpaired) electrons. The SMILES string of the molecule is O=C(Nc1nnc(C2CC2)s1)c1cccnc1Sc1ccccc1. The summed E-state index contributed by atoms with van der Waals surface area (Å²) in [5.41, 5.74) is 0.537. The summed E-state index contributed by atoms with van der Waals surface area (Å²) in [6.07, 6.45) is 4.03. The number of pyridine rings is 1. The third kappa shape index (κ3) is 3.47. The summed E-state index contributed by atoms with van der Waals surface area (Å²) in [4.78, 5) is 18.0. The number of aromatic nitrogens is 3. The first-order chi connectivity index (χ1) is 11.8. The average molecular weight is 354 g/mol. The topological polar surface area (TPSA) is 67.8 Å². The minimum atomic E-state index is -0.208. The monoisotopic (exact) mass is 354 g/mol. The zero-order valence-electron chi connectivity index (χ0n) is 12.7. The quantitative estimate of drug-likeness (QED) is 0.743. The van der Waals surface area contributed by atoms with Crippen molar-refractivity contribution in [3.8, 4) is 0 Å². The van der Waals surface area contributed by atoms with E-state index in [0.29, 0.717) is 21.6 Å². The van der Waals surface area contributed by atoms with Crippen LogP contribution < -0.4 is 5.32 Å². The molecule has 0 aliphatic heterocycles. The molecule has 1 N–H and O–H groups in total. The Balaban J connectivity index is 1.53. The van der Waals surface area contributed by atoms with Crippen molar-refractivity contribution in [1.82, 2.24) is 15.2 Å². The van der Waals surface area contributed by atoms with Gasteiger partial charge in [0, 0.05) is 17.0 Å². The van der Waals surface area contributed by atoms with E-state index < -0.39 is 0 Å². The molecule has 24 heavy (non-hydrogen) atoms. The van der Waals surface area contributed by atoms with E-state index in [1.54, 1.807) is 18.3 Å². The van der Waals surface area contributed by atoms with Gasteiger partial charge in [0.2, 0.25) is 5.13 Å². The molecule has 0 unspecified atom stereocenters. The molecule has 0 spiro atoms. The predicted molar refractivity (Wildman–Crippen MR) is 94.6 cm³/mol. The van der Waals surface area contributed by atoms with Crippen molar-refractivity contribution in [3.63, 3.8) is 0 Å². The lowest BCUT2D eigenvalue weighted by Crippen LogP contribution is -2.13. The Kier molecular flexibility index (Phi) is 4.27. The maximum Gasteiger partial charge on any atom is 0.260 e. The van der Waals surface area contributed by atoms with Gasteiger partial charge in [0.15, 0.2) is 0 Å². The van der Waals surface area contributed by atoms with Crippen LogP contribution >= 0.6 is 23.1 Å². The number of benzene rings is 1. The molecule has 2 heterocycles. The fourth-order valence-corrected chi connectivity index (χ4v) is 4.00. The van der Waals surface area contributed by atoms with E-state index in [9.17, 15) is 4.79 Å². The van der Waals surface area contributed by atoms with Crippen LogP contribution in [-0.4, -0.2) is 21.1 Å². The van der Waals surface area contributed by atoms with Gasteiger partial charge in [-0.2, -0.15) is 0 Å². The van der Waals surface area contributed by atoms with E-state index in [2.05, 4.69) is 20.5 Å². The van der Waals surface area contributed by atoms with Gasteiger partial charge in [-0.05, 0) is 37.1 Å². The first-order valence-corrected chi connectivity index (χ1v) is 9.25. The second-order valence-electron chi connectivity index (χ2n) is 5.45. The summed E-state index contributed by atoms with van der Waals surface area (Å²) in [5.74, 6) is 0.329. The summed E-state index contributed by atoms with van der Waals surface area (Å²) >= 11 is 2.92. The zero-order chi connectivity index (χ0) is 16.4. The minimum absolute atomic E-state index is 0.208. The molecule has 1 saturated carbocycles. The van der Waals surface area contributed by atoms with Crippen LogP contribution in [0, 0.1) is 0 Å². The largest absolute Gasteiger partial charge is 0.296 e. The number of anilines is 1. The van der Waals surface area contributed by atoms with Crippen LogP contribution in [0.3, 0.4) is 0 Å². The summed E-state index contributed by atoms with van der Waals surface area (Å²) in [7, 11) is 0. The maximum atomic E-state index is 12.6. The number of nitrogens with zero attached hydrogens (tertiary/aromatic N) is 3. The highest BCUT2D eigenvalue weighted by atomic mass is 32.2. The van der Waals surface area contributed by atoms with Crippen molar-refractivity contribution >= 4 is 34.1 Å². The van der Waals surface area contributed by atoms with Crippen LogP contribution in [0.25, 0.3) is 0 Å². The second kappa shape index (κ2) is 6.70. The minimum Gasteiger partial charge on any atom is -0.296 e. The molecule has 2 aromatic heterocycles. The lowest BCUT2D eigenvalue weighted by Gasteiger charge is -2.07. The Morgan fingerprint density at radius 3 is 2.75 bits per heavy atom. The maximum absolute atomic E-state index is 12.6. The van der Waals surface area contributed by atoms with Crippen molar-refractivity contribution in [2.75, 3.05) is 5.32 Å². The zero-order valence-corrected chi connectivity index (χ0v) is 14.3. The van der Waals surface area contributed by atoms with Crippen LogP contribution in [0.5, 0.6) is 0 Å². The Bertz CT molecular complexity index is 862. The predicted octanol–water partition coefficient (Wildman–Crippen LogP) is 4.21. The molecule has 0 bridgehead atoms. The number of amides is 1. The highest BCUT2D eigenvalue weighted by Gasteiger charge is 2.28. The average Bonchev–Trinajstić information content (AvgIpc) is 3.36. The van der Waals surface area contributed by atoms with Gasteiger partial charge in [-0.15, -0.1) is 10.2 Å². The van der Waals surface area contributed by atoms with Gasteiger partial charge in [-0.25, -0.2) is 4.98 Å². The van der Waals surface area contributed by atoms with E-state index in [1.807, 2.05) is 30.3 Å². The first kappa shape index (κ1) is 15.3. The van der Waals surface area contributed by atoms with E-state index in [4.69, 9.17) is 0 Å².